The lowest BCUT2D eigenvalue weighted by atomic mass is 9.91. The Hall–Kier alpha value is -1.89. The monoisotopic (exact) mass is 325 g/mol. The van der Waals surface area contributed by atoms with Crippen LogP contribution in [-0.4, -0.2) is 48.2 Å². The average Bonchev–Trinajstić information content (AvgIpc) is 2.93. The van der Waals surface area contributed by atoms with Crippen LogP contribution in [0, 0.1) is 5.41 Å². The molecule has 0 fully saturated rings. The number of nitrogens with zero attached hydrogens (tertiary/aromatic N) is 2. The number of aromatic nitrogens is 1. The molecule has 0 saturated heterocycles. The summed E-state index contributed by atoms with van der Waals surface area (Å²) in [6, 6.07) is 1.55. The average molecular weight is 325 g/mol. The molecule has 1 N–H and O–H groups in total. The van der Waals surface area contributed by atoms with E-state index < -0.39 is 0 Å². The molecule has 1 rings (SSSR count). The molecule has 0 aliphatic heterocycles. The van der Waals surface area contributed by atoms with Crippen LogP contribution < -0.4 is 5.32 Å². The second kappa shape index (κ2) is 9.29. The van der Waals surface area contributed by atoms with E-state index in [1.807, 2.05) is 27.7 Å². The van der Waals surface area contributed by atoms with Crippen molar-refractivity contribution in [2.45, 2.75) is 40.5 Å². The number of amides is 2. The molecular weight excluding hydrogens is 298 g/mol. The standard InChI is InChI=1S/C16H27N3O4/c1-5-22-9-6-8-19(15(21)11-16(2,3)4)12-14(20)17-13-7-10-23-18-13/h7,10H,5-6,8-9,11-12H2,1-4H3,(H,17,18,20). The fourth-order valence-electron chi connectivity index (χ4n) is 1.99. The van der Waals surface area contributed by atoms with Crippen molar-refractivity contribution in [2.75, 3.05) is 31.6 Å². The van der Waals surface area contributed by atoms with Crippen LogP contribution in [0.2, 0.25) is 0 Å². The Morgan fingerprint density at radius 2 is 2.13 bits per heavy atom. The molecule has 0 aliphatic carbocycles. The maximum absolute atomic E-state index is 12.4. The minimum Gasteiger partial charge on any atom is -0.382 e. The molecule has 0 saturated carbocycles. The Labute approximate surface area is 137 Å². The van der Waals surface area contributed by atoms with Gasteiger partial charge in [-0.3, -0.25) is 9.59 Å². The molecule has 0 radical (unpaired) electrons. The van der Waals surface area contributed by atoms with Gasteiger partial charge >= 0.3 is 0 Å². The summed E-state index contributed by atoms with van der Waals surface area (Å²) in [7, 11) is 0. The van der Waals surface area contributed by atoms with Crippen LogP contribution in [0.15, 0.2) is 16.9 Å². The van der Waals surface area contributed by atoms with Crippen LogP contribution in [-0.2, 0) is 14.3 Å². The van der Waals surface area contributed by atoms with Crippen molar-refractivity contribution in [3.63, 3.8) is 0 Å². The molecule has 7 heteroatoms. The minimum absolute atomic E-state index is 0.00605. The lowest BCUT2D eigenvalue weighted by molar-refractivity contribution is -0.136. The van der Waals surface area contributed by atoms with E-state index in [-0.39, 0.29) is 23.8 Å². The number of ether oxygens (including phenoxy) is 1. The zero-order valence-corrected chi connectivity index (χ0v) is 14.4. The maximum Gasteiger partial charge on any atom is 0.245 e. The van der Waals surface area contributed by atoms with Crippen molar-refractivity contribution in [1.29, 1.82) is 0 Å². The summed E-state index contributed by atoms with van der Waals surface area (Å²) in [5, 5.41) is 6.23. The van der Waals surface area contributed by atoms with E-state index in [0.29, 0.717) is 38.4 Å². The van der Waals surface area contributed by atoms with Gasteiger partial charge in [0, 0.05) is 32.2 Å². The summed E-state index contributed by atoms with van der Waals surface area (Å²) in [5.74, 6) is 0.00871. The van der Waals surface area contributed by atoms with E-state index >= 15 is 0 Å². The first-order valence-electron chi connectivity index (χ1n) is 7.87. The highest BCUT2D eigenvalue weighted by Gasteiger charge is 2.23. The van der Waals surface area contributed by atoms with Crippen LogP contribution in [0.4, 0.5) is 5.82 Å². The molecule has 7 nitrogen and oxygen atoms in total. The third-order valence-corrected chi connectivity index (χ3v) is 2.99. The number of hydrogen-bond acceptors (Lipinski definition) is 5. The number of hydrogen-bond donors (Lipinski definition) is 1. The van der Waals surface area contributed by atoms with E-state index in [9.17, 15) is 9.59 Å². The molecule has 0 unspecified atom stereocenters. The van der Waals surface area contributed by atoms with Gasteiger partial charge in [0.25, 0.3) is 0 Å². The molecule has 1 aromatic rings. The predicted octanol–water partition coefficient (Wildman–Crippen LogP) is 2.30. The van der Waals surface area contributed by atoms with Crippen molar-refractivity contribution < 1.29 is 18.8 Å². The van der Waals surface area contributed by atoms with Gasteiger partial charge in [0.05, 0.1) is 6.54 Å². The van der Waals surface area contributed by atoms with Gasteiger partial charge in [0.2, 0.25) is 11.8 Å². The Kier molecular flexibility index (Phi) is 7.74. The lowest BCUT2D eigenvalue weighted by Gasteiger charge is -2.26. The SMILES string of the molecule is CCOCCCN(CC(=O)Nc1ccon1)C(=O)CC(C)(C)C. The third-order valence-electron chi connectivity index (χ3n) is 2.99. The summed E-state index contributed by atoms with van der Waals surface area (Å²) in [6.07, 6.45) is 2.46. The molecular formula is C16H27N3O4. The van der Waals surface area contributed by atoms with Crippen molar-refractivity contribution >= 4 is 17.6 Å². The largest absolute Gasteiger partial charge is 0.382 e. The first-order valence-corrected chi connectivity index (χ1v) is 7.87. The van der Waals surface area contributed by atoms with Crippen molar-refractivity contribution in [3.8, 4) is 0 Å². The van der Waals surface area contributed by atoms with Crippen molar-refractivity contribution in [1.82, 2.24) is 10.1 Å². The van der Waals surface area contributed by atoms with Crippen LogP contribution in [0.5, 0.6) is 0 Å². The summed E-state index contributed by atoms with van der Waals surface area (Å²) >= 11 is 0. The van der Waals surface area contributed by atoms with Gasteiger partial charge < -0.3 is 19.5 Å². The smallest absolute Gasteiger partial charge is 0.245 e. The molecule has 0 aromatic carbocycles. The maximum atomic E-state index is 12.4. The summed E-state index contributed by atoms with van der Waals surface area (Å²) in [4.78, 5) is 26.1. The Morgan fingerprint density at radius 1 is 1.39 bits per heavy atom. The fourth-order valence-corrected chi connectivity index (χ4v) is 1.99. The molecule has 23 heavy (non-hydrogen) atoms. The zero-order chi connectivity index (χ0) is 17.3. The van der Waals surface area contributed by atoms with Gasteiger partial charge in [0.1, 0.15) is 6.26 Å². The van der Waals surface area contributed by atoms with Crippen LogP contribution in [0.25, 0.3) is 0 Å². The van der Waals surface area contributed by atoms with E-state index in [1.54, 1.807) is 11.0 Å². The first kappa shape index (κ1) is 19.2. The molecule has 1 heterocycles. The lowest BCUT2D eigenvalue weighted by Crippen LogP contribution is -2.40. The quantitative estimate of drug-likeness (QED) is 0.704. The van der Waals surface area contributed by atoms with E-state index in [1.165, 1.54) is 6.26 Å². The Balaban J connectivity index is 2.58. The summed E-state index contributed by atoms with van der Waals surface area (Å²) in [6.45, 7) is 9.61. The van der Waals surface area contributed by atoms with Crippen LogP contribution in [0.3, 0.4) is 0 Å². The highest BCUT2D eigenvalue weighted by Crippen LogP contribution is 2.20. The van der Waals surface area contributed by atoms with Gasteiger partial charge in [-0.25, -0.2) is 0 Å². The topological polar surface area (TPSA) is 84.7 Å². The number of anilines is 1. The zero-order valence-electron chi connectivity index (χ0n) is 14.4. The summed E-state index contributed by atoms with van der Waals surface area (Å²) in [5.41, 5.74) is -0.127. The first-order chi connectivity index (χ1) is 10.8. The number of carbonyl (C=O) groups excluding carboxylic acids is 2. The van der Waals surface area contributed by atoms with Crippen molar-refractivity contribution in [3.05, 3.63) is 12.3 Å². The molecule has 130 valence electrons. The van der Waals surface area contributed by atoms with Crippen molar-refractivity contribution in [2.24, 2.45) is 5.41 Å². The highest BCUT2D eigenvalue weighted by molar-refractivity contribution is 5.93. The van der Waals surface area contributed by atoms with Crippen LogP contribution >= 0.6 is 0 Å². The third kappa shape index (κ3) is 8.35. The Morgan fingerprint density at radius 3 is 2.70 bits per heavy atom. The number of carbonyl (C=O) groups is 2. The summed E-state index contributed by atoms with van der Waals surface area (Å²) < 4.78 is 9.96. The fraction of sp³-hybridized carbons (Fsp3) is 0.688. The van der Waals surface area contributed by atoms with Gasteiger partial charge in [0.15, 0.2) is 5.82 Å². The van der Waals surface area contributed by atoms with Gasteiger partial charge in [-0.05, 0) is 18.8 Å². The molecule has 2 amide bonds. The molecule has 0 aliphatic rings. The van der Waals surface area contributed by atoms with E-state index in [2.05, 4.69) is 15.0 Å². The number of nitrogens with one attached hydrogen (secondary N) is 1. The molecule has 0 spiro atoms. The van der Waals surface area contributed by atoms with Gasteiger partial charge in [-0.15, -0.1) is 0 Å². The normalized spacial score (nSPS) is 11.3. The number of rotatable bonds is 9. The second-order valence-electron chi connectivity index (χ2n) is 6.54. The van der Waals surface area contributed by atoms with Crippen LogP contribution in [0.1, 0.15) is 40.5 Å². The molecule has 0 bridgehead atoms. The van der Waals surface area contributed by atoms with E-state index in [4.69, 9.17) is 4.74 Å². The minimum atomic E-state index is -0.294. The molecule has 1 aromatic heterocycles. The second-order valence-corrected chi connectivity index (χ2v) is 6.54. The Bertz CT molecular complexity index is 480. The highest BCUT2D eigenvalue weighted by atomic mass is 16.5. The van der Waals surface area contributed by atoms with Gasteiger partial charge in [-0.2, -0.15) is 0 Å². The van der Waals surface area contributed by atoms with E-state index in [0.717, 1.165) is 0 Å². The van der Waals surface area contributed by atoms with Gasteiger partial charge in [-0.1, -0.05) is 25.9 Å². The predicted molar refractivity (Wildman–Crippen MR) is 86.9 cm³/mol. The molecule has 0 atom stereocenters.